The normalized spacial score (nSPS) is 15.6. The van der Waals surface area contributed by atoms with Gasteiger partial charge in [-0.3, -0.25) is 14.8 Å². The van der Waals surface area contributed by atoms with E-state index in [1.165, 1.54) is 19.3 Å². The van der Waals surface area contributed by atoms with E-state index in [4.69, 9.17) is 9.97 Å². The lowest BCUT2D eigenvalue weighted by Crippen LogP contribution is -2.14. The maximum atomic E-state index is 12.7. The molecule has 6 rings (SSSR count). The first-order chi connectivity index (χ1) is 15.2. The summed E-state index contributed by atoms with van der Waals surface area (Å²) in [5.74, 6) is 1.20. The molecule has 0 bridgehead atoms. The van der Waals surface area contributed by atoms with E-state index in [2.05, 4.69) is 27.8 Å². The summed E-state index contributed by atoms with van der Waals surface area (Å²) in [6, 6.07) is 8.10. The number of hydrogen-bond donors (Lipinski definition) is 2. The molecule has 0 aromatic carbocycles. The summed E-state index contributed by atoms with van der Waals surface area (Å²) in [6.45, 7) is 0.449. The van der Waals surface area contributed by atoms with Crippen LogP contribution in [-0.2, 0) is 13.6 Å². The molecule has 0 spiro atoms. The first-order valence-electron chi connectivity index (χ1n) is 10.6. The Morgan fingerprint density at radius 3 is 2.90 bits per heavy atom. The zero-order valence-corrected chi connectivity index (χ0v) is 17.2. The fourth-order valence-electron chi connectivity index (χ4n) is 4.53. The van der Waals surface area contributed by atoms with E-state index >= 15 is 0 Å². The van der Waals surface area contributed by atoms with Crippen molar-refractivity contribution in [3.05, 3.63) is 65.9 Å². The van der Waals surface area contributed by atoms with Crippen molar-refractivity contribution in [2.75, 3.05) is 5.32 Å². The van der Waals surface area contributed by atoms with Crippen LogP contribution in [0.15, 0.2) is 49.1 Å². The van der Waals surface area contributed by atoms with E-state index in [0.29, 0.717) is 23.7 Å². The van der Waals surface area contributed by atoms with Gasteiger partial charge < -0.3 is 15.2 Å². The Hall–Kier alpha value is -3.74. The molecule has 1 amide bonds. The van der Waals surface area contributed by atoms with Crippen molar-refractivity contribution in [3.8, 4) is 11.3 Å². The molecule has 0 atom stereocenters. The van der Waals surface area contributed by atoms with Gasteiger partial charge in [-0.25, -0.2) is 4.98 Å². The Kier molecular flexibility index (Phi) is 4.02. The van der Waals surface area contributed by atoms with E-state index in [1.807, 2.05) is 42.3 Å². The molecule has 7 heteroatoms. The number of pyridine rings is 3. The average molecular weight is 410 g/mol. The second kappa shape index (κ2) is 6.91. The fraction of sp³-hybridized carbons (Fsp3) is 0.250. The minimum absolute atomic E-state index is 0.0931. The van der Waals surface area contributed by atoms with Gasteiger partial charge in [-0.15, -0.1) is 0 Å². The number of hydrogen-bond acceptors (Lipinski definition) is 5. The van der Waals surface area contributed by atoms with E-state index in [1.54, 1.807) is 6.20 Å². The average Bonchev–Trinajstić information content (AvgIpc) is 3.31. The molecule has 154 valence electrons. The second-order valence-corrected chi connectivity index (χ2v) is 8.30. The van der Waals surface area contributed by atoms with Gasteiger partial charge in [0.05, 0.1) is 34.9 Å². The molecule has 1 aliphatic carbocycles. The van der Waals surface area contributed by atoms with Gasteiger partial charge in [-0.1, -0.05) is 12.5 Å². The molecule has 4 aromatic heterocycles. The predicted octanol–water partition coefficient (Wildman–Crippen LogP) is 4.28. The quantitative estimate of drug-likeness (QED) is 0.524. The van der Waals surface area contributed by atoms with E-state index in [9.17, 15) is 4.79 Å². The monoisotopic (exact) mass is 410 g/mol. The SMILES string of the molecule is Cn1ccc2c(-c3ncc(Nc4cccc(C5CCC5)n4)c4c3CNC4=O)cncc21. The molecule has 4 aromatic rings. The molecule has 5 heterocycles. The number of aromatic nitrogens is 4. The van der Waals surface area contributed by atoms with Gasteiger partial charge in [0.2, 0.25) is 0 Å². The van der Waals surface area contributed by atoms with Crippen LogP contribution >= 0.6 is 0 Å². The van der Waals surface area contributed by atoms with Crippen LogP contribution in [0.25, 0.3) is 22.2 Å². The van der Waals surface area contributed by atoms with Gasteiger partial charge >= 0.3 is 0 Å². The Balaban J connectivity index is 1.43. The van der Waals surface area contributed by atoms with Gasteiger partial charge in [-0.2, -0.15) is 0 Å². The third-order valence-corrected chi connectivity index (χ3v) is 6.46. The van der Waals surface area contributed by atoms with Crippen LogP contribution in [-0.4, -0.2) is 25.4 Å². The van der Waals surface area contributed by atoms with Crippen LogP contribution in [0.1, 0.15) is 46.8 Å². The van der Waals surface area contributed by atoms with Crippen LogP contribution in [0.3, 0.4) is 0 Å². The van der Waals surface area contributed by atoms with Crippen LogP contribution in [0.2, 0.25) is 0 Å². The summed E-state index contributed by atoms with van der Waals surface area (Å²) >= 11 is 0. The van der Waals surface area contributed by atoms with E-state index in [-0.39, 0.29) is 5.91 Å². The highest BCUT2D eigenvalue weighted by Crippen LogP contribution is 2.37. The Morgan fingerprint density at radius 2 is 2.06 bits per heavy atom. The zero-order valence-electron chi connectivity index (χ0n) is 17.2. The third kappa shape index (κ3) is 2.88. The van der Waals surface area contributed by atoms with Crippen LogP contribution < -0.4 is 10.6 Å². The zero-order chi connectivity index (χ0) is 20.9. The molecule has 0 radical (unpaired) electrons. The largest absolute Gasteiger partial charge is 0.349 e. The number of carbonyl (C=O) groups is 1. The molecule has 31 heavy (non-hydrogen) atoms. The molecule has 2 aliphatic rings. The van der Waals surface area contributed by atoms with E-state index < -0.39 is 0 Å². The minimum atomic E-state index is -0.0931. The number of aryl methyl sites for hydroxylation is 1. The van der Waals surface area contributed by atoms with Gasteiger partial charge in [0, 0.05) is 54.1 Å². The topological polar surface area (TPSA) is 84.7 Å². The molecule has 0 unspecified atom stereocenters. The maximum absolute atomic E-state index is 12.7. The van der Waals surface area contributed by atoms with Gasteiger partial charge in [0.15, 0.2) is 0 Å². The van der Waals surface area contributed by atoms with Crippen molar-refractivity contribution >= 4 is 28.3 Å². The van der Waals surface area contributed by atoms with Gasteiger partial charge in [0.25, 0.3) is 5.91 Å². The fourth-order valence-corrected chi connectivity index (χ4v) is 4.53. The standard InChI is InChI=1S/C24H22N6O/c1-30-9-8-15-16(10-25-13-20(15)30)23-17-11-27-24(31)22(17)19(12-26-23)29-21-7-3-6-18(28-21)14-4-2-5-14/h3,6-10,12-14H,2,4-5,11H2,1H3,(H,27,31)(H,28,29). The number of rotatable bonds is 4. The first-order valence-corrected chi connectivity index (χ1v) is 10.6. The van der Waals surface area contributed by atoms with Crippen molar-refractivity contribution in [2.24, 2.45) is 7.05 Å². The van der Waals surface area contributed by atoms with Crippen molar-refractivity contribution < 1.29 is 4.79 Å². The lowest BCUT2D eigenvalue weighted by molar-refractivity contribution is 0.0966. The van der Waals surface area contributed by atoms with Crippen molar-refractivity contribution in [1.82, 2.24) is 24.8 Å². The minimum Gasteiger partial charge on any atom is -0.349 e. The Labute approximate surface area is 179 Å². The summed E-state index contributed by atoms with van der Waals surface area (Å²) in [5.41, 5.74) is 6.08. The molecule has 7 nitrogen and oxygen atoms in total. The number of carbonyl (C=O) groups excluding carboxylic acids is 1. The smallest absolute Gasteiger partial charge is 0.254 e. The molecule has 1 saturated carbocycles. The van der Waals surface area contributed by atoms with Crippen molar-refractivity contribution in [3.63, 3.8) is 0 Å². The summed E-state index contributed by atoms with van der Waals surface area (Å²) in [5, 5.41) is 7.37. The van der Waals surface area contributed by atoms with Crippen LogP contribution in [0.5, 0.6) is 0 Å². The maximum Gasteiger partial charge on any atom is 0.254 e. The number of fused-ring (bicyclic) bond motifs is 2. The number of anilines is 2. The highest BCUT2D eigenvalue weighted by atomic mass is 16.1. The van der Waals surface area contributed by atoms with Crippen LogP contribution in [0, 0.1) is 0 Å². The lowest BCUT2D eigenvalue weighted by Gasteiger charge is -2.25. The molecule has 0 saturated heterocycles. The Bertz CT molecular complexity index is 1340. The van der Waals surface area contributed by atoms with Crippen molar-refractivity contribution in [2.45, 2.75) is 31.7 Å². The highest BCUT2D eigenvalue weighted by molar-refractivity contribution is 6.06. The summed E-state index contributed by atoms with van der Waals surface area (Å²) in [4.78, 5) is 26.7. The summed E-state index contributed by atoms with van der Waals surface area (Å²) < 4.78 is 2.03. The predicted molar refractivity (Wildman–Crippen MR) is 119 cm³/mol. The Morgan fingerprint density at radius 1 is 1.16 bits per heavy atom. The lowest BCUT2D eigenvalue weighted by atomic mass is 9.83. The molecule has 1 aliphatic heterocycles. The molecule has 2 N–H and O–H groups in total. The highest BCUT2D eigenvalue weighted by Gasteiger charge is 2.28. The molecular formula is C24H22N6O. The molecular weight excluding hydrogens is 388 g/mol. The number of nitrogens with zero attached hydrogens (tertiary/aromatic N) is 4. The number of amides is 1. The van der Waals surface area contributed by atoms with Crippen molar-refractivity contribution in [1.29, 1.82) is 0 Å². The van der Waals surface area contributed by atoms with Gasteiger partial charge in [-0.05, 0) is 31.0 Å². The second-order valence-electron chi connectivity index (χ2n) is 8.30. The summed E-state index contributed by atoms with van der Waals surface area (Å²) in [6.07, 6.45) is 11.1. The molecule has 1 fully saturated rings. The summed E-state index contributed by atoms with van der Waals surface area (Å²) in [7, 11) is 1.99. The number of nitrogens with one attached hydrogen (secondary N) is 2. The van der Waals surface area contributed by atoms with E-state index in [0.717, 1.165) is 39.2 Å². The first kappa shape index (κ1) is 18.1. The third-order valence-electron chi connectivity index (χ3n) is 6.46. The van der Waals surface area contributed by atoms with Gasteiger partial charge in [0.1, 0.15) is 5.82 Å². The van der Waals surface area contributed by atoms with Crippen LogP contribution in [0.4, 0.5) is 11.5 Å².